The van der Waals surface area contributed by atoms with Crippen molar-refractivity contribution in [3.05, 3.63) is 214 Å². The molecule has 4 aliphatic rings. The lowest BCUT2D eigenvalue weighted by Gasteiger charge is -2.33. The van der Waals surface area contributed by atoms with Crippen LogP contribution in [0.4, 0.5) is 0 Å². The van der Waals surface area contributed by atoms with Crippen LogP contribution in [-0.2, 0) is 25.7 Å². The zero-order valence-corrected chi connectivity index (χ0v) is 51.6. The Kier molecular flexibility index (Phi) is 20.1. The first-order valence-electron chi connectivity index (χ1n) is 32.1. The lowest BCUT2D eigenvalue weighted by atomic mass is 9.80. The van der Waals surface area contributed by atoms with Gasteiger partial charge in [0.2, 0.25) is 0 Å². The van der Waals surface area contributed by atoms with Gasteiger partial charge in [0.15, 0.2) is 46.0 Å². The van der Waals surface area contributed by atoms with E-state index in [4.69, 9.17) is 37.9 Å². The molecule has 0 fully saturated rings. The highest BCUT2D eigenvalue weighted by molar-refractivity contribution is 5.55. The molecule has 12 heteroatoms. The fraction of sp³-hybridized carbons (Fsp3) is 0.368. The maximum Gasteiger partial charge on any atom is 0.169 e. The number of nitrogens with one attached hydrogen (secondary N) is 4. The molecule has 8 aromatic rings. The number of rotatable bonds is 27. The van der Waals surface area contributed by atoms with Crippen LogP contribution < -0.4 is 59.2 Å². The standard InChI is InChI=1S/C76H86N4O8/c1-81-69-43-53-35-39-77-65(61(53)47-73(69)85-57-17-9-5-10-18-57)31-27-51(28-32-66-62-48-74(86-58-19-11-6-12-20-58)70(82-2)44-54(62)36-40-78-66)25-26-52(29-33-67-63-49-75(87-59-21-13-7-14-22-59)71(83-3)45-55(63)37-41-79-67)30-34-68-64-50-76(88-60-23-15-8-16-24-60)72(84-4)46-56(64)38-42-80-68/h5-24,43-52,65-68,77-80H,25-42H2,1-4H3. The van der Waals surface area contributed by atoms with Crippen LogP contribution in [0.3, 0.4) is 0 Å². The second-order valence-electron chi connectivity index (χ2n) is 24.1. The van der Waals surface area contributed by atoms with E-state index in [1.165, 1.54) is 44.5 Å². The van der Waals surface area contributed by atoms with Crippen LogP contribution in [0.1, 0.15) is 133 Å². The quantitative estimate of drug-likeness (QED) is 0.0392. The number of hydrogen-bond acceptors (Lipinski definition) is 12. The van der Waals surface area contributed by atoms with E-state index in [1.54, 1.807) is 28.4 Å². The average molecular weight is 1180 g/mol. The molecule has 4 heterocycles. The Bertz CT molecular complexity index is 3090. The predicted molar refractivity (Wildman–Crippen MR) is 349 cm³/mol. The van der Waals surface area contributed by atoms with Crippen LogP contribution in [0, 0.1) is 11.8 Å². The van der Waals surface area contributed by atoms with Gasteiger partial charge in [-0.3, -0.25) is 0 Å². The van der Waals surface area contributed by atoms with Crippen molar-refractivity contribution in [1.82, 2.24) is 21.3 Å². The predicted octanol–water partition coefficient (Wildman–Crippen LogP) is 16.9. The zero-order valence-electron chi connectivity index (χ0n) is 51.6. The summed E-state index contributed by atoms with van der Waals surface area (Å²) in [7, 11) is 6.96. The van der Waals surface area contributed by atoms with Crippen LogP contribution in [0.2, 0.25) is 0 Å². The van der Waals surface area contributed by atoms with Gasteiger partial charge in [0.05, 0.1) is 28.4 Å². The number of benzene rings is 8. The second-order valence-corrected chi connectivity index (χ2v) is 24.1. The third-order valence-corrected chi connectivity index (χ3v) is 18.7. The van der Waals surface area contributed by atoms with Crippen molar-refractivity contribution in [2.45, 2.75) is 114 Å². The fourth-order valence-corrected chi connectivity index (χ4v) is 14.0. The molecule has 0 saturated carbocycles. The Morgan fingerprint density at radius 3 is 0.739 bits per heavy atom. The maximum absolute atomic E-state index is 6.54. The maximum atomic E-state index is 6.54. The molecule has 12 nitrogen and oxygen atoms in total. The SMILES string of the molecule is COc1cc2c(cc1Oc1ccccc1)C(CCC(CCC(CCC1NCCc3cc(OC)c(Oc4ccccc4)cc31)CCC1NCCc3cc(OC)c(Oc4ccccc4)cc31)CCC1NCCc3cc(OC)c(Oc4ccccc4)cc31)NCC2. The summed E-state index contributed by atoms with van der Waals surface area (Å²) in [6.45, 7) is 3.67. The average Bonchev–Trinajstić information content (AvgIpc) is 3.59. The van der Waals surface area contributed by atoms with Gasteiger partial charge in [0.25, 0.3) is 0 Å². The number of hydrogen-bond donors (Lipinski definition) is 4. The molecule has 458 valence electrons. The van der Waals surface area contributed by atoms with Gasteiger partial charge in [0.1, 0.15) is 23.0 Å². The molecule has 4 unspecified atom stereocenters. The summed E-state index contributed by atoms with van der Waals surface area (Å²) in [6.07, 6.45) is 14.4. The molecular weight excluding hydrogens is 1100 g/mol. The van der Waals surface area contributed by atoms with Crippen LogP contribution in [-0.4, -0.2) is 54.6 Å². The highest BCUT2D eigenvalue weighted by Gasteiger charge is 2.31. The van der Waals surface area contributed by atoms with Crippen molar-refractivity contribution < 1.29 is 37.9 Å². The molecule has 12 rings (SSSR count). The van der Waals surface area contributed by atoms with Crippen LogP contribution in [0.5, 0.6) is 69.0 Å². The minimum Gasteiger partial charge on any atom is -0.493 e. The first-order chi connectivity index (χ1) is 43.4. The molecule has 4 aliphatic heterocycles. The Labute approximate surface area is 520 Å². The molecule has 4 atom stereocenters. The molecule has 0 bridgehead atoms. The summed E-state index contributed by atoms with van der Waals surface area (Å²) in [5, 5.41) is 15.9. The van der Waals surface area contributed by atoms with Crippen LogP contribution >= 0.6 is 0 Å². The third-order valence-electron chi connectivity index (χ3n) is 18.7. The number of para-hydroxylation sites is 4. The number of ether oxygens (including phenoxy) is 8. The van der Waals surface area contributed by atoms with Gasteiger partial charge >= 0.3 is 0 Å². The van der Waals surface area contributed by atoms with E-state index in [-0.39, 0.29) is 24.2 Å². The summed E-state index contributed by atoms with van der Waals surface area (Å²) in [4.78, 5) is 0. The zero-order chi connectivity index (χ0) is 60.0. The molecule has 0 radical (unpaired) electrons. The Morgan fingerprint density at radius 1 is 0.295 bits per heavy atom. The van der Waals surface area contributed by atoms with E-state index >= 15 is 0 Å². The van der Waals surface area contributed by atoms with E-state index in [9.17, 15) is 0 Å². The molecule has 0 spiro atoms. The van der Waals surface area contributed by atoms with E-state index in [0.29, 0.717) is 11.8 Å². The lowest BCUT2D eigenvalue weighted by Crippen LogP contribution is -2.31. The smallest absolute Gasteiger partial charge is 0.169 e. The largest absolute Gasteiger partial charge is 0.493 e. The van der Waals surface area contributed by atoms with Crippen molar-refractivity contribution in [2.24, 2.45) is 11.8 Å². The Balaban J connectivity index is 0.835. The summed E-state index contributed by atoms with van der Waals surface area (Å²) >= 11 is 0. The molecule has 0 saturated heterocycles. The van der Waals surface area contributed by atoms with Gasteiger partial charge in [-0.2, -0.15) is 0 Å². The highest BCUT2D eigenvalue weighted by atomic mass is 16.5. The summed E-state index contributed by atoms with van der Waals surface area (Å²) < 4.78 is 50.0. The van der Waals surface area contributed by atoms with Crippen LogP contribution in [0.25, 0.3) is 0 Å². The van der Waals surface area contributed by atoms with Crippen molar-refractivity contribution >= 4 is 0 Å². The van der Waals surface area contributed by atoms with E-state index in [2.05, 4.69) is 69.8 Å². The van der Waals surface area contributed by atoms with Gasteiger partial charge < -0.3 is 59.2 Å². The number of fused-ring (bicyclic) bond motifs is 4. The summed E-state index contributed by atoms with van der Waals surface area (Å²) in [6, 6.07) is 58.6. The number of methoxy groups -OCH3 is 4. The Hall–Kier alpha value is -8.00. The molecule has 8 aromatic carbocycles. The molecule has 4 N–H and O–H groups in total. The summed E-state index contributed by atoms with van der Waals surface area (Å²) in [5.74, 6) is 10.2. The minimum absolute atomic E-state index is 0.184. The van der Waals surface area contributed by atoms with E-state index in [0.717, 1.165) is 185 Å². The van der Waals surface area contributed by atoms with Gasteiger partial charge in [0, 0.05) is 24.2 Å². The fourth-order valence-electron chi connectivity index (χ4n) is 14.0. The topological polar surface area (TPSA) is 122 Å². The van der Waals surface area contributed by atoms with Crippen molar-refractivity contribution in [3.63, 3.8) is 0 Å². The van der Waals surface area contributed by atoms with Crippen molar-refractivity contribution in [2.75, 3.05) is 54.6 Å². The normalized spacial score (nSPS) is 18.3. The molecule has 0 amide bonds. The van der Waals surface area contributed by atoms with Gasteiger partial charge in [-0.25, -0.2) is 0 Å². The second kappa shape index (κ2) is 29.3. The molecule has 0 aromatic heterocycles. The lowest BCUT2D eigenvalue weighted by molar-refractivity contribution is 0.279. The molecule has 0 aliphatic carbocycles. The first-order valence-corrected chi connectivity index (χ1v) is 32.1. The van der Waals surface area contributed by atoms with Gasteiger partial charge in [-0.1, -0.05) is 85.6 Å². The van der Waals surface area contributed by atoms with Crippen LogP contribution in [0.15, 0.2) is 170 Å². The third kappa shape index (κ3) is 14.8. The molecular formula is C76H86N4O8. The van der Waals surface area contributed by atoms with Gasteiger partial charge in [-0.05, 0) is 257 Å². The van der Waals surface area contributed by atoms with Gasteiger partial charge in [-0.15, -0.1) is 0 Å². The van der Waals surface area contributed by atoms with Crippen molar-refractivity contribution in [1.29, 1.82) is 0 Å². The molecule has 88 heavy (non-hydrogen) atoms. The van der Waals surface area contributed by atoms with E-state index in [1.807, 2.05) is 121 Å². The Morgan fingerprint density at radius 2 is 0.523 bits per heavy atom. The first kappa shape index (κ1) is 60.3. The summed E-state index contributed by atoms with van der Waals surface area (Å²) in [5.41, 5.74) is 10.5. The minimum atomic E-state index is 0.184. The highest BCUT2D eigenvalue weighted by Crippen LogP contribution is 2.46. The van der Waals surface area contributed by atoms with Crippen molar-refractivity contribution in [3.8, 4) is 69.0 Å². The monoisotopic (exact) mass is 1180 g/mol. The van der Waals surface area contributed by atoms with E-state index < -0.39 is 0 Å².